The Labute approximate surface area is 83.7 Å². The Hall–Kier alpha value is -0.900. The van der Waals surface area contributed by atoms with Gasteiger partial charge < -0.3 is 15.2 Å². The zero-order valence-electron chi connectivity index (χ0n) is 8.07. The van der Waals surface area contributed by atoms with Gasteiger partial charge in [0, 0.05) is 13.1 Å². The van der Waals surface area contributed by atoms with Gasteiger partial charge in [-0.1, -0.05) is 30.3 Å². The maximum atomic E-state index is 9.70. The minimum atomic E-state index is -0.630. The Morgan fingerprint density at radius 2 is 2.00 bits per heavy atom. The van der Waals surface area contributed by atoms with E-state index < -0.39 is 5.60 Å². The molecular weight excluding hydrogens is 178 g/mol. The van der Waals surface area contributed by atoms with Crippen LogP contribution in [-0.2, 0) is 11.3 Å². The van der Waals surface area contributed by atoms with E-state index >= 15 is 0 Å². The summed E-state index contributed by atoms with van der Waals surface area (Å²) in [5.41, 5.74) is 0.603. The second kappa shape index (κ2) is 4.09. The summed E-state index contributed by atoms with van der Waals surface area (Å²) < 4.78 is 4.95. The molecule has 76 valence electrons. The predicted octanol–water partition coefficient (Wildman–Crippen LogP) is 0.537. The number of hydrogen-bond acceptors (Lipinski definition) is 3. The van der Waals surface area contributed by atoms with Crippen molar-refractivity contribution in [1.82, 2.24) is 5.32 Å². The molecule has 1 aliphatic rings. The van der Waals surface area contributed by atoms with Crippen LogP contribution in [0.1, 0.15) is 5.56 Å². The van der Waals surface area contributed by atoms with Gasteiger partial charge in [-0.15, -0.1) is 0 Å². The Balaban J connectivity index is 1.73. The highest BCUT2D eigenvalue weighted by Crippen LogP contribution is 2.14. The van der Waals surface area contributed by atoms with Crippen molar-refractivity contribution in [2.75, 3.05) is 19.8 Å². The van der Waals surface area contributed by atoms with Gasteiger partial charge in [0.25, 0.3) is 0 Å². The van der Waals surface area contributed by atoms with Crippen LogP contribution in [-0.4, -0.2) is 30.5 Å². The van der Waals surface area contributed by atoms with Crippen molar-refractivity contribution >= 4 is 0 Å². The van der Waals surface area contributed by atoms with E-state index in [1.807, 2.05) is 18.2 Å². The van der Waals surface area contributed by atoms with E-state index in [9.17, 15) is 5.11 Å². The fourth-order valence-corrected chi connectivity index (χ4v) is 1.48. The lowest BCUT2D eigenvalue weighted by molar-refractivity contribution is -0.174. The van der Waals surface area contributed by atoms with Gasteiger partial charge in [-0.3, -0.25) is 0 Å². The third kappa shape index (κ3) is 2.32. The molecule has 0 bridgehead atoms. The SMILES string of the molecule is OC1(CNCc2ccccc2)COC1. The molecule has 1 heterocycles. The zero-order valence-corrected chi connectivity index (χ0v) is 8.07. The Morgan fingerprint density at radius 3 is 2.57 bits per heavy atom. The molecule has 2 rings (SSSR count). The van der Waals surface area contributed by atoms with Crippen LogP contribution in [0.15, 0.2) is 30.3 Å². The average Bonchev–Trinajstić information content (AvgIpc) is 2.17. The molecule has 0 aromatic heterocycles. The van der Waals surface area contributed by atoms with Gasteiger partial charge in [-0.25, -0.2) is 0 Å². The summed E-state index contributed by atoms with van der Waals surface area (Å²) in [7, 11) is 0. The first kappa shape index (κ1) is 9.65. The molecule has 0 unspecified atom stereocenters. The first-order valence-electron chi connectivity index (χ1n) is 4.83. The number of hydrogen-bond donors (Lipinski definition) is 2. The second-order valence-corrected chi connectivity index (χ2v) is 3.81. The van der Waals surface area contributed by atoms with E-state index in [1.54, 1.807) is 0 Å². The standard InChI is InChI=1S/C11H15NO2/c13-11(8-14-9-11)7-12-6-10-4-2-1-3-5-10/h1-5,12-13H,6-9H2. The van der Waals surface area contributed by atoms with E-state index in [-0.39, 0.29) is 0 Å². The molecule has 1 fully saturated rings. The number of ether oxygens (including phenoxy) is 1. The van der Waals surface area contributed by atoms with Crippen molar-refractivity contribution in [2.24, 2.45) is 0 Å². The van der Waals surface area contributed by atoms with E-state index in [2.05, 4.69) is 17.4 Å². The van der Waals surface area contributed by atoms with Crippen LogP contribution < -0.4 is 5.32 Å². The van der Waals surface area contributed by atoms with E-state index in [1.165, 1.54) is 5.56 Å². The zero-order chi connectivity index (χ0) is 9.86. The molecule has 14 heavy (non-hydrogen) atoms. The molecule has 0 saturated carbocycles. The molecule has 0 amide bonds. The van der Waals surface area contributed by atoms with Gasteiger partial charge in [-0.2, -0.15) is 0 Å². The highest BCUT2D eigenvalue weighted by molar-refractivity contribution is 5.14. The molecule has 3 heteroatoms. The smallest absolute Gasteiger partial charge is 0.123 e. The van der Waals surface area contributed by atoms with Crippen molar-refractivity contribution < 1.29 is 9.84 Å². The molecule has 1 saturated heterocycles. The summed E-state index contributed by atoms with van der Waals surface area (Å²) in [6.07, 6.45) is 0. The summed E-state index contributed by atoms with van der Waals surface area (Å²) >= 11 is 0. The van der Waals surface area contributed by atoms with Crippen molar-refractivity contribution in [3.8, 4) is 0 Å². The summed E-state index contributed by atoms with van der Waals surface area (Å²) in [5, 5.41) is 12.9. The summed E-state index contributed by atoms with van der Waals surface area (Å²) in [5.74, 6) is 0. The van der Waals surface area contributed by atoms with Gasteiger partial charge in [0.15, 0.2) is 0 Å². The monoisotopic (exact) mass is 193 g/mol. The third-order valence-corrected chi connectivity index (χ3v) is 2.37. The molecule has 3 nitrogen and oxygen atoms in total. The highest BCUT2D eigenvalue weighted by atomic mass is 16.5. The predicted molar refractivity (Wildman–Crippen MR) is 53.9 cm³/mol. The van der Waals surface area contributed by atoms with Crippen molar-refractivity contribution in [1.29, 1.82) is 0 Å². The highest BCUT2D eigenvalue weighted by Gasteiger charge is 2.35. The Bertz CT molecular complexity index is 283. The lowest BCUT2D eigenvalue weighted by Gasteiger charge is -2.36. The van der Waals surface area contributed by atoms with E-state index in [0.717, 1.165) is 6.54 Å². The van der Waals surface area contributed by atoms with Crippen LogP contribution in [0.3, 0.4) is 0 Å². The average molecular weight is 193 g/mol. The lowest BCUT2D eigenvalue weighted by atomic mass is 10.0. The van der Waals surface area contributed by atoms with Crippen molar-refractivity contribution in [3.05, 3.63) is 35.9 Å². The van der Waals surface area contributed by atoms with Gasteiger partial charge in [-0.05, 0) is 5.56 Å². The molecule has 0 atom stereocenters. The lowest BCUT2D eigenvalue weighted by Crippen LogP contribution is -2.55. The largest absolute Gasteiger partial charge is 0.384 e. The number of aliphatic hydroxyl groups is 1. The van der Waals surface area contributed by atoms with Gasteiger partial charge in [0.1, 0.15) is 5.60 Å². The minimum absolute atomic E-state index is 0.453. The van der Waals surface area contributed by atoms with Gasteiger partial charge >= 0.3 is 0 Å². The number of rotatable bonds is 4. The molecular formula is C11H15NO2. The van der Waals surface area contributed by atoms with E-state index in [0.29, 0.717) is 19.8 Å². The first-order valence-corrected chi connectivity index (χ1v) is 4.83. The third-order valence-electron chi connectivity index (χ3n) is 2.37. The molecule has 1 aliphatic heterocycles. The summed E-state index contributed by atoms with van der Waals surface area (Å²) in [6.45, 7) is 2.30. The topological polar surface area (TPSA) is 41.5 Å². The summed E-state index contributed by atoms with van der Waals surface area (Å²) in [4.78, 5) is 0. The Kier molecular flexibility index (Phi) is 2.82. The van der Waals surface area contributed by atoms with Crippen LogP contribution in [0, 0.1) is 0 Å². The van der Waals surface area contributed by atoms with Crippen LogP contribution in [0.4, 0.5) is 0 Å². The molecule has 2 N–H and O–H groups in total. The molecule has 1 aromatic rings. The summed E-state index contributed by atoms with van der Waals surface area (Å²) in [6, 6.07) is 10.1. The normalized spacial score (nSPS) is 18.9. The Morgan fingerprint density at radius 1 is 1.29 bits per heavy atom. The van der Waals surface area contributed by atoms with Gasteiger partial charge in [0.2, 0.25) is 0 Å². The van der Waals surface area contributed by atoms with Crippen molar-refractivity contribution in [2.45, 2.75) is 12.1 Å². The fourth-order valence-electron chi connectivity index (χ4n) is 1.48. The molecule has 1 aromatic carbocycles. The maximum absolute atomic E-state index is 9.70. The van der Waals surface area contributed by atoms with Crippen LogP contribution in [0.25, 0.3) is 0 Å². The number of nitrogens with one attached hydrogen (secondary N) is 1. The quantitative estimate of drug-likeness (QED) is 0.733. The van der Waals surface area contributed by atoms with E-state index in [4.69, 9.17) is 4.74 Å². The molecule has 0 spiro atoms. The van der Waals surface area contributed by atoms with Crippen molar-refractivity contribution in [3.63, 3.8) is 0 Å². The first-order chi connectivity index (χ1) is 6.79. The minimum Gasteiger partial charge on any atom is -0.384 e. The number of benzene rings is 1. The maximum Gasteiger partial charge on any atom is 0.123 e. The molecule has 0 radical (unpaired) electrons. The van der Waals surface area contributed by atoms with Crippen LogP contribution in [0.2, 0.25) is 0 Å². The molecule has 0 aliphatic carbocycles. The van der Waals surface area contributed by atoms with Crippen LogP contribution in [0.5, 0.6) is 0 Å². The fraction of sp³-hybridized carbons (Fsp3) is 0.455. The second-order valence-electron chi connectivity index (χ2n) is 3.81. The van der Waals surface area contributed by atoms with Crippen LogP contribution >= 0.6 is 0 Å². The van der Waals surface area contributed by atoms with Gasteiger partial charge in [0.05, 0.1) is 13.2 Å².